The quantitative estimate of drug-likeness (QED) is 0.720. The van der Waals surface area contributed by atoms with Crippen molar-refractivity contribution in [3.8, 4) is 5.69 Å². The second kappa shape index (κ2) is 7.22. The van der Waals surface area contributed by atoms with E-state index in [0.717, 1.165) is 29.6 Å². The molecule has 0 spiro atoms. The largest absolute Gasteiger partial charge is 0.325 e. The molecule has 0 aliphatic heterocycles. The molecule has 1 amide bonds. The van der Waals surface area contributed by atoms with Crippen molar-refractivity contribution in [2.24, 2.45) is 0 Å². The van der Waals surface area contributed by atoms with Crippen LogP contribution in [0.15, 0.2) is 60.0 Å². The Balaban J connectivity index is 1.55. The summed E-state index contributed by atoms with van der Waals surface area (Å²) in [6.45, 7) is 0. The third-order valence-electron chi connectivity index (χ3n) is 3.10. The normalized spacial score (nSPS) is 10.6. The van der Waals surface area contributed by atoms with Gasteiger partial charge in [-0.15, -0.1) is 11.8 Å². The van der Waals surface area contributed by atoms with Crippen LogP contribution in [0.4, 0.5) is 14.5 Å². The number of rotatable bonds is 5. The fourth-order valence-electron chi connectivity index (χ4n) is 1.95. The van der Waals surface area contributed by atoms with E-state index in [0.29, 0.717) is 10.6 Å². The van der Waals surface area contributed by atoms with Crippen molar-refractivity contribution in [3.63, 3.8) is 0 Å². The first kappa shape index (κ1) is 16.1. The Kier molecular flexibility index (Phi) is 4.85. The van der Waals surface area contributed by atoms with Gasteiger partial charge in [-0.1, -0.05) is 0 Å². The second-order valence-corrected chi connectivity index (χ2v) is 5.85. The Morgan fingerprint density at radius 1 is 1.12 bits per heavy atom. The zero-order valence-electron chi connectivity index (χ0n) is 12.3. The Morgan fingerprint density at radius 2 is 1.92 bits per heavy atom. The summed E-state index contributed by atoms with van der Waals surface area (Å²) in [6.07, 6.45) is 3.01. The molecule has 0 bridgehead atoms. The van der Waals surface area contributed by atoms with E-state index in [1.54, 1.807) is 35.3 Å². The van der Waals surface area contributed by atoms with Gasteiger partial charge in [-0.3, -0.25) is 4.79 Å². The molecule has 1 heterocycles. The fourth-order valence-corrected chi connectivity index (χ4v) is 2.67. The molecule has 0 saturated carbocycles. The molecule has 8 heteroatoms. The highest BCUT2D eigenvalue weighted by Crippen LogP contribution is 2.21. The molecule has 0 aliphatic carbocycles. The number of carbonyl (C=O) groups excluding carboxylic acids is 1. The predicted molar refractivity (Wildman–Crippen MR) is 87.1 cm³/mol. The molecule has 5 nitrogen and oxygen atoms in total. The van der Waals surface area contributed by atoms with Gasteiger partial charge in [0.15, 0.2) is 11.6 Å². The highest BCUT2D eigenvalue weighted by atomic mass is 32.2. The van der Waals surface area contributed by atoms with E-state index in [9.17, 15) is 13.6 Å². The Bertz CT molecular complexity index is 838. The summed E-state index contributed by atoms with van der Waals surface area (Å²) in [6, 6.07) is 10.6. The number of benzene rings is 2. The van der Waals surface area contributed by atoms with Gasteiger partial charge in [0, 0.05) is 10.6 Å². The monoisotopic (exact) mass is 346 g/mol. The van der Waals surface area contributed by atoms with Crippen LogP contribution in [-0.2, 0) is 4.79 Å². The number of carbonyl (C=O) groups is 1. The number of hydrogen-bond acceptors (Lipinski definition) is 4. The summed E-state index contributed by atoms with van der Waals surface area (Å²) in [4.78, 5) is 16.3. The molecular weight excluding hydrogens is 334 g/mol. The lowest BCUT2D eigenvalue weighted by molar-refractivity contribution is -0.113. The second-order valence-electron chi connectivity index (χ2n) is 4.80. The van der Waals surface area contributed by atoms with Crippen molar-refractivity contribution >= 4 is 23.4 Å². The lowest BCUT2D eigenvalue weighted by atomic mass is 10.3. The van der Waals surface area contributed by atoms with E-state index in [2.05, 4.69) is 15.4 Å². The van der Waals surface area contributed by atoms with Gasteiger partial charge < -0.3 is 5.32 Å². The maximum atomic E-state index is 13.1. The predicted octanol–water partition coefficient (Wildman–Crippen LogP) is 3.28. The molecule has 3 aromatic rings. The van der Waals surface area contributed by atoms with E-state index in [-0.39, 0.29) is 11.7 Å². The highest BCUT2D eigenvalue weighted by Gasteiger charge is 2.07. The van der Waals surface area contributed by atoms with E-state index in [1.807, 2.05) is 0 Å². The maximum Gasteiger partial charge on any atom is 0.234 e. The summed E-state index contributed by atoms with van der Waals surface area (Å²) in [5.74, 6) is -1.98. The molecule has 0 saturated heterocycles. The first-order chi connectivity index (χ1) is 11.6. The first-order valence-corrected chi connectivity index (χ1v) is 7.93. The van der Waals surface area contributed by atoms with Crippen molar-refractivity contribution in [1.82, 2.24) is 14.8 Å². The van der Waals surface area contributed by atoms with Gasteiger partial charge in [0.1, 0.15) is 12.7 Å². The van der Waals surface area contributed by atoms with Crippen molar-refractivity contribution in [1.29, 1.82) is 0 Å². The molecule has 122 valence electrons. The van der Waals surface area contributed by atoms with Gasteiger partial charge in [-0.25, -0.2) is 18.4 Å². The SMILES string of the molecule is O=C(CSc1ccc(F)c(F)c1)Nc1ccc(-n2cncn2)cc1. The summed E-state index contributed by atoms with van der Waals surface area (Å²) >= 11 is 1.13. The summed E-state index contributed by atoms with van der Waals surface area (Å²) < 4.78 is 27.6. The molecule has 0 unspecified atom stereocenters. The minimum absolute atomic E-state index is 0.0932. The lowest BCUT2D eigenvalue weighted by Gasteiger charge is -2.07. The number of halogens is 2. The van der Waals surface area contributed by atoms with E-state index in [1.165, 1.54) is 12.4 Å². The first-order valence-electron chi connectivity index (χ1n) is 6.94. The number of hydrogen-bond donors (Lipinski definition) is 1. The van der Waals surface area contributed by atoms with E-state index < -0.39 is 11.6 Å². The van der Waals surface area contributed by atoms with Crippen LogP contribution in [0.1, 0.15) is 0 Å². The number of anilines is 1. The molecule has 0 atom stereocenters. The molecule has 2 aromatic carbocycles. The van der Waals surface area contributed by atoms with Crippen LogP contribution in [0, 0.1) is 11.6 Å². The van der Waals surface area contributed by atoms with Gasteiger partial charge in [0.25, 0.3) is 0 Å². The zero-order chi connectivity index (χ0) is 16.9. The van der Waals surface area contributed by atoms with Crippen LogP contribution in [0.5, 0.6) is 0 Å². The summed E-state index contributed by atoms with van der Waals surface area (Å²) in [5, 5.41) is 6.75. The van der Waals surface area contributed by atoms with Crippen LogP contribution in [0.3, 0.4) is 0 Å². The Morgan fingerprint density at radius 3 is 2.58 bits per heavy atom. The molecule has 0 aliphatic rings. The average Bonchev–Trinajstić information content (AvgIpc) is 3.11. The van der Waals surface area contributed by atoms with Crippen LogP contribution in [-0.4, -0.2) is 26.4 Å². The molecular formula is C16H12F2N4OS. The number of nitrogens with zero attached hydrogens (tertiary/aromatic N) is 3. The van der Waals surface area contributed by atoms with Crippen LogP contribution >= 0.6 is 11.8 Å². The smallest absolute Gasteiger partial charge is 0.234 e. The molecule has 3 rings (SSSR count). The number of thioether (sulfide) groups is 1. The minimum Gasteiger partial charge on any atom is -0.325 e. The molecule has 24 heavy (non-hydrogen) atoms. The van der Waals surface area contributed by atoms with Gasteiger partial charge in [-0.2, -0.15) is 5.10 Å². The van der Waals surface area contributed by atoms with E-state index >= 15 is 0 Å². The topological polar surface area (TPSA) is 59.8 Å². The maximum absolute atomic E-state index is 13.1. The Labute approximate surface area is 140 Å². The van der Waals surface area contributed by atoms with Crippen molar-refractivity contribution < 1.29 is 13.6 Å². The minimum atomic E-state index is -0.927. The third kappa shape index (κ3) is 3.96. The zero-order valence-corrected chi connectivity index (χ0v) is 13.1. The van der Waals surface area contributed by atoms with Crippen LogP contribution in [0.2, 0.25) is 0 Å². The fraction of sp³-hybridized carbons (Fsp3) is 0.0625. The van der Waals surface area contributed by atoms with Gasteiger partial charge >= 0.3 is 0 Å². The molecule has 1 aromatic heterocycles. The number of amides is 1. The molecule has 0 fully saturated rings. The van der Waals surface area contributed by atoms with Gasteiger partial charge in [0.05, 0.1) is 11.4 Å². The lowest BCUT2D eigenvalue weighted by Crippen LogP contribution is -2.14. The Hall–Kier alpha value is -2.74. The summed E-state index contributed by atoms with van der Waals surface area (Å²) in [5.41, 5.74) is 1.46. The number of nitrogens with one attached hydrogen (secondary N) is 1. The number of aromatic nitrogens is 3. The van der Waals surface area contributed by atoms with Crippen LogP contribution < -0.4 is 5.32 Å². The van der Waals surface area contributed by atoms with Crippen LogP contribution in [0.25, 0.3) is 5.69 Å². The van der Waals surface area contributed by atoms with Gasteiger partial charge in [0.2, 0.25) is 5.91 Å². The van der Waals surface area contributed by atoms with Crippen molar-refractivity contribution in [2.75, 3.05) is 11.1 Å². The molecule has 1 N–H and O–H groups in total. The molecule has 0 radical (unpaired) electrons. The highest BCUT2D eigenvalue weighted by molar-refractivity contribution is 8.00. The van der Waals surface area contributed by atoms with E-state index in [4.69, 9.17) is 0 Å². The third-order valence-corrected chi connectivity index (χ3v) is 4.09. The average molecular weight is 346 g/mol. The van der Waals surface area contributed by atoms with Gasteiger partial charge in [-0.05, 0) is 42.5 Å². The standard InChI is InChI=1S/C16H12F2N4OS/c17-14-6-5-13(7-15(14)18)24-8-16(23)21-11-1-3-12(4-2-11)22-10-19-9-20-22/h1-7,9-10H,8H2,(H,21,23). The van der Waals surface area contributed by atoms with Crippen molar-refractivity contribution in [2.45, 2.75) is 4.90 Å². The summed E-state index contributed by atoms with van der Waals surface area (Å²) in [7, 11) is 0. The van der Waals surface area contributed by atoms with Crippen molar-refractivity contribution in [3.05, 3.63) is 66.8 Å².